The van der Waals surface area contributed by atoms with Crippen molar-refractivity contribution < 1.29 is 14.5 Å². The summed E-state index contributed by atoms with van der Waals surface area (Å²) in [7, 11) is 0. The lowest BCUT2D eigenvalue weighted by atomic mass is 10.2. The number of carbonyl (C=O) groups excluding carboxylic acids is 2. The molecule has 2 aromatic heterocycles. The molecule has 4 rings (SSSR count). The van der Waals surface area contributed by atoms with Gasteiger partial charge in [-0.3, -0.25) is 19.7 Å². The highest BCUT2D eigenvalue weighted by molar-refractivity contribution is 7.21. The maximum absolute atomic E-state index is 12.9. The van der Waals surface area contributed by atoms with Gasteiger partial charge >= 0.3 is 0 Å². The first-order valence-electron chi connectivity index (χ1n) is 9.14. The molecule has 2 aromatic carbocycles. The van der Waals surface area contributed by atoms with Crippen molar-refractivity contribution in [3.8, 4) is 0 Å². The fraction of sp³-hybridized carbons (Fsp3) is 0.0952. The lowest BCUT2D eigenvalue weighted by molar-refractivity contribution is -0.384. The molecule has 8 nitrogen and oxygen atoms in total. The number of nitro groups is 1. The van der Waals surface area contributed by atoms with Gasteiger partial charge in [-0.2, -0.15) is 4.99 Å². The summed E-state index contributed by atoms with van der Waals surface area (Å²) in [5.74, 6) is -0.588. The number of hydrogen-bond acceptors (Lipinski definition) is 6. The van der Waals surface area contributed by atoms with E-state index in [1.165, 1.54) is 41.7 Å². The summed E-state index contributed by atoms with van der Waals surface area (Å²) in [6.45, 7) is 5.68. The molecule has 0 aliphatic carbocycles. The number of nitrogens with one attached hydrogen (secondary N) is 1. The van der Waals surface area contributed by atoms with E-state index in [4.69, 9.17) is 0 Å². The summed E-state index contributed by atoms with van der Waals surface area (Å²) in [5.41, 5.74) is 1.51. The Bertz CT molecular complexity index is 1440. The van der Waals surface area contributed by atoms with Crippen LogP contribution in [0.15, 0.2) is 60.1 Å². The topological polar surface area (TPSA) is 107 Å². The van der Waals surface area contributed by atoms with Crippen LogP contribution in [0.5, 0.6) is 0 Å². The van der Waals surface area contributed by atoms with Gasteiger partial charge in [0.15, 0.2) is 4.80 Å². The summed E-state index contributed by atoms with van der Waals surface area (Å²) in [5, 5.41) is 14.4. The quantitative estimate of drug-likeness (QED) is 0.269. The third kappa shape index (κ3) is 4.16. The third-order valence-corrected chi connectivity index (χ3v) is 6.58. The largest absolute Gasteiger partial charge is 0.326 e. The number of non-ortho nitro benzene ring substituents is 1. The molecule has 0 fully saturated rings. The minimum absolute atomic E-state index is 0.0236. The van der Waals surface area contributed by atoms with Crippen molar-refractivity contribution in [1.82, 2.24) is 4.57 Å². The van der Waals surface area contributed by atoms with Crippen LogP contribution in [0, 0.1) is 10.1 Å². The predicted molar refractivity (Wildman–Crippen MR) is 123 cm³/mol. The second-order valence-corrected chi connectivity index (χ2v) is 8.75. The number of benzene rings is 2. The van der Waals surface area contributed by atoms with Crippen molar-refractivity contribution in [2.45, 2.75) is 13.5 Å². The van der Waals surface area contributed by atoms with Gasteiger partial charge in [-0.15, -0.1) is 17.9 Å². The molecular weight excluding hydrogens is 436 g/mol. The smallest absolute Gasteiger partial charge is 0.289 e. The zero-order valence-electron chi connectivity index (χ0n) is 16.3. The van der Waals surface area contributed by atoms with Gasteiger partial charge in [0.05, 0.1) is 20.0 Å². The zero-order valence-corrected chi connectivity index (χ0v) is 18.0. The number of fused-ring (bicyclic) bond motifs is 2. The Labute approximate surface area is 183 Å². The lowest BCUT2D eigenvalue weighted by Gasteiger charge is -2.03. The molecule has 2 heterocycles. The van der Waals surface area contributed by atoms with E-state index in [2.05, 4.69) is 16.9 Å². The van der Waals surface area contributed by atoms with Gasteiger partial charge in [-0.1, -0.05) is 17.4 Å². The number of thiophene rings is 1. The third-order valence-electron chi connectivity index (χ3n) is 4.43. The number of nitrogens with zero attached hydrogens (tertiary/aromatic N) is 3. The Morgan fingerprint density at radius 2 is 2.00 bits per heavy atom. The number of rotatable bonds is 5. The average molecular weight is 453 g/mol. The lowest BCUT2D eigenvalue weighted by Crippen LogP contribution is -2.16. The van der Waals surface area contributed by atoms with Crippen LogP contribution in [0.25, 0.3) is 20.3 Å². The SMILES string of the molecule is C=CCn1c(=NC(=O)c2cc3cc([N+](=O)[O-])ccc3s2)sc2cc(NC(C)=O)ccc21. The molecular formula is C21H16N4O4S2. The highest BCUT2D eigenvalue weighted by Crippen LogP contribution is 2.29. The first-order valence-corrected chi connectivity index (χ1v) is 10.8. The second-order valence-electron chi connectivity index (χ2n) is 6.65. The zero-order chi connectivity index (χ0) is 22.1. The number of anilines is 1. The molecule has 0 aliphatic heterocycles. The summed E-state index contributed by atoms with van der Waals surface area (Å²) < 4.78 is 3.52. The minimum Gasteiger partial charge on any atom is -0.326 e. The summed E-state index contributed by atoms with van der Waals surface area (Å²) in [4.78, 5) is 39.9. The van der Waals surface area contributed by atoms with Gasteiger partial charge in [0.25, 0.3) is 11.6 Å². The van der Waals surface area contributed by atoms with Crippen molar-refractivity contribution >= 4 is 66.2 Å². The monoisotopic (exact) mass is 452 g/mol. The molecule has 0 bridgehead atoms. The number of carbonyl (C=O) groups is 2. The summed E-state index contributed by atoms with van der Waals surface area (Å²) in [6.07, 6.45) is 1.72. The molecule has 0 spiro atoms. The fourth-order valence-electron chi connectivity index (χ4n) is 3.14. The van der Waals surface area contributed by atoms with E-state index in [0.29, 0.717) is 27.3 Å². The summed E-state index contributed by atoms with van der Waals surface area (Å²) >= 11 is 2.58. The van der Waals surface area contributed by atoms with Gasteiger partial charge < -0.3 is 9.88 Å². The predicted octanol–water partition coefficient (Wildman–Crippen LogP) is 4.71. The summed E-state index contributed by atoms with van der Waals surface area (Å²) in [6, 6.07) is 11.6. The Morgan fingerprint density at radius 3 is 2.71 bits per heavy atom. The van der Waals surface area contributed by atoms with Crippen LogP contribution in [-0.2, 0) is 11.3 Å². The number of hydrogen-bond donors (Lipinski definition) is 1. The van der Waals surface area contributed by atoms with E-state index < -0.39 is 10.8 Å². The maximum Gasteiger partial charge on any atom is 0.289 e. The van der Waals surface area contributed by atoms with E-state index in [1.807, 2.05) is 16.7 Å². The normalized spacial score (nSPS) is 11.7. The number of aromatic nitrogens is 1. The molecule has 0 saturated heterocycles. The number of nitro benzene ring substituents is 1. The van der Waals surface area contributed by atoms with E-state index in [9.17, 15) is 19.7 Å². The van der Waals surface area contributed by atoms with Crippen LogP contribution in [0.4, 0.5) is 11.4 Å². The minimum atomic E-state index is -0.465. The van der Waals surface area contributed by atoms with E-state index in [1.54, 1.807) is 24.3 Å². The fourth-order valence-corrected chi connectivity index (χ4v) is 5.14. The molecule has 0 unspecified atom stereocenters. The standard InChI is InChI=1S/C21H16N4O4S2/c1-3-8-24-16-6-4-14(22-12(2)26)11-18(16)31-21(24)23-20(27)19-10-13-9-15(25(28)29)5-7-17(13)30-19/h3-7,9-11H,1,8H2,2H3,(H,22,26). The number of allylic oxidation sites excluding steroid dienone is 1. The molecule has 0 saturated carbocycles. The van der Waals surface area contributed by atoms with E-state index >= 15 is 0 Å². The van der Waals surface area contributed by atoms with Crippen LogP contribution < -0.4 is 10.1 Å². The first-order chi connectivity index (χ1) is 14.9. The van der Waals surface area contributed by atoms with Gasteiger partial charge in [-0.25, -0.2) is 0 Å². The second kappa shape index (κ2) is 8.25. The Morgan fingerprint density at radius 1 is 1.19 bits per heavy atom. The van der Waals surface area contributed by atoms with Crippen molar-refractivity contribution in [3.05, 3.63) is 74.9 Å². The molecule has 31 heavy (non-hydrogen) atoms. The van der Waals surface area contributed by atoms with Gasteiger partial charge in [0.2, 0.25) is 5.91 Å². The van der Waals surface area contributed by atoms with Gasteiger partial charge in [0.1, 0.15) is 0 Å². The van der Waals surface area contributed by atoms with Crippen molar-refractivity contribution in [3.63, 3.8) is 0 Å². The number of thiazole rings is 1. The molecule has 10 heteroatoms. The highest BCUT2D eigenvalue weighted by atomic mass is 32.1. The van der Waals surface area contributed by atoms with Gasteiger partial charge in [-0.05, 0) is 30.3 Å². The number of amides is 2. The van der Waals surface area contributed by atoms with E-state index in [-0.39, 0.29) is 11.6 Å². The molecule has 0 atom stereocenters. The molecule has 0 aliphatic rings. The van der Waals surface area contributed by atoms with Crippen molar-refractivity contribution in [2.24, 2.45) is 4.99 Å². The molecule has 2 amide bonds. The molecule has 156 valence electrons. The van der Waals surface area contributed by atoms with Crippen LogP contribution in [-0.4, -0.2) is 21.3 Å². The molecule has 1 N–H and O–H groups in total. The Hall–Kier alpha value is -3.63. The molecule has 0 radical (unpaired) electrons. The van der Waals surface area contributed by atoms with Crippen LogP contribution in [0.2, 0.25) is 0 Å². The Kier molecular flexibility index (Phi) is 5.49. The van der Waals surface area contributed by atoms with Crippen molar-refractivity contribution in [1.29, 1.82) is 0 Å². The van der Waals surface area contributed by atoms with E-state index in [0.717, 1.165) is 14.9 Å². The van der Waals surface area contributed by atoms with Crippen LogP contribution in [0.1, 0.15) is 16.6 Å². The van der Waals surface area contributed by atoms with Crippen LogP contribution >= 0.6 is 22.7 Å². The average Bonchev–Trinajstić information content (AvgIpc) is 3.28. The molecule has 4 aromatic rings. The van der Waals surface area contributed by atoms with Crippen molar-refractivity contribution in [2.75, 3.05) is 5.32 Å². The first kappa shape index (κ1) is 20.6. The van der Waals surface area contributed by atoms with Gasteiger partial charge in [0, 0.05) is 41.4 Å². The maximum atomic E-state index is 12.9. The Balaban J connectivity index is 1.78. The van der Waals surface area contributed by atoms with Crippen LogP contribution in [0.3, 0.4) is 0 Å². The highest BCUT2D eigenvalue weighted by Gasteiger charge is 2.14.